The van der Waals surface area contributed by atoms with E-state index in [9.17, 15) is 0 Å². The van der Waals surface area contributed by atoms with E-state index < -0.39 is 0 Å². The van der Waals surface area contributed by atoms with E-state index in [1.165, 1.54) is 16.7 Å². The van der Waals surface area contributed by atoms with Crippen molar-refractivity contribution < 1.29 is 0 Å². The molecule has 23 heavy (non-hydrogen) atoms. The summed E-state index contributed by atoms with van der Waals surface area (Å²) in [5, 5.41) is 0. The lowest BCUT2D eigenvalue weighted by Crippen LogP contribution is -1.73. The zero-order valence-corrected chi connectivity index (χ0v) is 14.6. The van der Waals surface area contributed by atoms with Crippen LogP contribution in [0, 0.1) is 6.92 Å². The van der Waals surface area contributed by atoms with Crippen molar-refractivity contribution in [1.82, 2.24) is 0 Å². The zero-order chi connectivity index (χ0) is 16.8. The standard InChI is InChI=1S/2C8H10.C7H8/c2*1-2-8-6-4-3-5-7-8;1-7-5-3-2-4-6-7/h2*3-7H,2H2,1H3;2-6H,1H3. The van der Waals surface area contributed by atoms with E-state index in [-0.39, 0.29) is 0 Å². The van der Waals surface area contributed by atoms with Gasteiger partial charge in [0.2, 0.25) is 0 Å². The Kier molecular flexibility index (Phi) is 9.95. The highest BCUT2D eigenvalue weighted by Crippen LogP contribution is 1.97. The van der Waals surface area contributed by atoms with Gasteiger partial charge in [0.25, 0.3) is 0 Å². The summed E-state index contributed by atoms with van der Waals surface area (Å²) in [5.74, 6) is 0. The van der Waals surface area contributed by atoms with Crippen LogP contribution in [0.4, 0.5) is 0 Å². The number of benzene rings is 3. The van der Waals surface area contributed by atoms with Crippen LogP contribution in [0.3, 0.4) is 0 Å². The minimum Gasteiger partial charge on any atom is -0.0622 e. The summed E-state index contributed by atoms with van der Waals surface area (Å²) in [5.41, 5.74) is 4.14. The normalized spacial score (nSPS) is 9.00. The molecule has 120 valence electrons. The first-order valence-corrected chi connectivity index (χ1v) is 8.35. The third-order valence-electron chi connectivity index (χ3n) is 3.44. The van der Waals surface area contributed by atoms with E-state index >= 15 is 0 Å². The topological polar surface area (TPSA) is 0 Å². The molecule has 0 bridgehead atoms. The quantitative estimate of drug-likeness (QED) is 0.507. The number of hydrogen-bond donors (Lipinski definition) is 0. The van der Waals surface area contributed by atoms with Crippen LogP contribution in [0.1, 0.15) is 30.5 Å². The molecule has 0 N–H and O–H groups in total. The van der Waals surface area contributed by atoms with Gasteiger partial charge in [-0.1, -0.05) is 110 Å². The SMILES string of the molecule is CCc1ccccc1.CCc1ccccc1.Cc1ccccc1. The average molecular weight is 304 g/mol. The fourth-order valence-corrected chi connectivity index (χ4v) is 1.96. The van der Waals surface area contributed by atoms with E-state index in [2.05, 4.69) is 81.4 Å². The first-order valence-electron chi connectivity index (χ1n) is 8.35. The molecule has 0 aromatic heterocycles. The molecule has 0 aliphatic heterocycles. The minimum absolute atomic E-state index is 1.14. The van der Waals surface area contributed by atoms with E-state index in [0.717, 1.165) is 12.8 Å². The van der Waals surface area contributed by atoms with Crippen LogP contribution in [0.15, 0.2) is 91.0 Å². The summed E-state index contributed by atoms with van der Waals surface area (Å²) in [6.07, 6.45) is 2.28. The molecule has 0 nitrogen and oxygen atoms in total. The summed E-state index contributed by atoms with van der Waals surface area (Å²) in [4.78, 5) is 0. The molecule has 0 aliphatic rings. The minimum atomic E-state index is 1.14. The van der Waals surface area contributed by atoms with Crippen LogP contribution >= 0.6 is 0 Å². The van der Waals surface area contributed by atoms with Gasteiger partial charge < -0.3 is 0 Å². The second-order valence-corrected chi connectivity index (χ2v) is 5.33. The summed E-state index contributed by atoms with van der Waals surface area (Å²) < 4.78 is 0. The number of hydrogen-bond acceptors (Lipinski definition) is 0. The summed E-state index contributed by atoms with van der Waals surface area (Å²) in [7, 11) is 0. The van der Waals surface area contributed by atoms with Gasteiger partial charge in [-0.25, -0.2) is 0 Å². The van der Waals surface area contributed by atoms with Crippen LogP contribution in [-0.2, 0) is 12.8 Å². The van der Waals surface area contributed by atoms with E-state index in [0.29, 0.717) is 0 Å². The molecule has 0 spiro atoms. The Morgan fingerprint density at radius 1 is 0.478 bits per heavy atom. The molecule has 0 unspecified atom stereocenters. The van der Waals surface area contributed by atoms with E-state index in [4.69, 9.17) is 0 Å². The molecule has 0 atom stereocenters. The lowest BCUT2D eigenvalue weighted by Gasteiger charge is -1.89. The highest BCUT2D eigenvalue weighted by atomic mass is 13.9. The Hall–Kier alpha value is -2.34. The van der Waals surface area contributed by atoms with Crippen molar-refractivity contribution in [2.75, 3.05) is 0 Å². The predicted molar refractivity (Wildman–Crippen MR) is 103 cm³/mol. The maximum absolute atomic E-state index is 2.16. The van der Waals surface area contributed by atoms with Crippen molar-refractivity contribution in [2.45, 2.75) is 33.6 Å². The second kappa shape index (κ2) is 12.2. The predicted octanol–water partition coefficient (Wildman–Crippen LogP) is 6.49. The molecule has 0 saturated carbocycles. The molecule has 0 fully saturated rings. The summed E-state index contributed by atoms with van der Waals surface area (Å²) >= 11 is 0. The number of aryl methyl sites for hydroxylation is 3. The molecular weight excluding hydrogens is 276 g/mol. The van der Waals surface area contributed by atoms with Gasteiger partial charge >= 0.3 is 0 Å². The molecule has 0 aliphatic carbocycles. The van der Waals surface area contributed by atoms with Crippen molar-refractivity contribution in [2.24, 2.45) is 0 Å². The smallest absolute Gasteiger partial charge is 0.0307 e. The molecule has 0 heteroatoms. The third-order valence-corrected chi connectivity index (χ3v) is 3.44. The van der Waals surface area contributed by atoms with Crippen LogP contribution in [0.5, 0.6) is 0 Å². The molecular formula is C23H28. The van der Waals surface area contributed by atoms with Crippen molar-refractivity contribution in [3.63, 3.8) is 0 Å². The van der Waals surface area contributed by atoms with Gasteiger partial charge in [0, 0.05) is 0 Å². The molecule has 3 aromatic rings. The second-order valence-electron chi connectivity index (χ2n) is 5.33. The largest absolute Gasteiger partial charge is 0.0622 e. The first-order chi connectivity index (χ1) is 11.3. The fourth-order valence-electron chi connectivity index (χ4n) is 1.96. The maximum Gasteiger partial charge on any atom is -0.0307 e. The van der Waals surface area contributed by atoms with Gasteiger partial charge in [-0.2, -0.15) is 0 Å². The number of rotatable bonds is 2. The van der Waals surface area contributed by atoms with Crippen LogP contribution in [-0.4, -0.2) is 0 Å². The molecule has 3 aromatic carbocycles. The summed E-state index contributed by atoms with van der Waals surface area (Å²) in [6, 6.07) is 31.2. The maximum atomic E-state index is 2.16. The third kappa shape index (κ3) is 9.31. The Bertz CT molecular complexity index is 558. The lowest BCUT2D eigenvalue weighted by molar-refractivity contribution is 1.14. The van der Waals surface area contributed by atoms with Gasteiger partial charge in [-0.3, -0.25) is 0 Å². The van der Waals surface area contributed by atoms with Crippen molar-refractivity contribution in [3.05, 3.63) is 108 Å². The van der Waals surface area contributed by atoms with Gasteiger partial charge in [0.05, 0.1) is 0 Å². The summed E-state index contributed by atoms with van der Waals surface area (Å²) in [6.45, 7) is 6.41. The van der Waals surface area contributed by atoms with Crippen LogP contribution in [0.2, 0.25) is 0 Å². The highest BCUT2D eigenvalue weighted by molar-refractivity contribution is 5.14. The van der Waals surface area contributed by atoms with Gasteiger partial charge in [-0.15, -0.1) is 0 Å². The Morgan fingerprint density at radius 2 is 0.783 bits per heavy atom. The van der Waals surface area contributed by atoms with Crippen molar-refractivity contribution >= 4 is 0 Å². The van der Waals surface area contributed by atoms with Crippen LogP contribution < -0.4 is 0 Å². The first kappa shape index (κ1) is 18.7. The van der Waals surface area contributed by atoms with Crippen molar-refractivity contribution in [1.29, 1.82) is 0 Å². The van der Waals surface area contributed by atoms with Gasteiger partial charge in [0.15, 0.2) is 0 Å². The Morgan fingerprint density at radius 3 is 0.957 bits per heavy atom. The fraction of sp³-hybridized carbons (Fsp3) is 0.217. The van der Waals surface area contributed by atoms with E-state index in [1.807, 2.05) is 30.3 Å². The monoisotopic (exact) mass is 304 g/mol. The molecule has 0 radical (unpaired) electrons. The molecule has 3 rings (SSSR count). The van der Waals surface area contributed by atoms with Crippen molar-refractivity contribution in [3.8, 4) is 0 Å². The Labute approximate surface area is 141 Å². The molecule has 0 saturated heterocycles. The van der Waals surface area contributed by atoms with Gasteiger partial charge in [0.1, 0.15) is 0 Å². The van der Waals surface area contributed by atoms with E-state index in [1.54, 1.807) is 0 Å². The zero-order valence-electron chi connectivity index (χ0n) is 14.6. The molecule has 0 heterocycles. The average Bonchev–Trinajstić information content (AvgIpc) is 2.65. The lowest BCUT2D eigenvalue weighted by atomic mass is 10.2. The van der Waals surface area contributed by atoms with Gasteiger partial charge in [-0.05, 0) is 30.9 Å². The Balaban J connectivity index is 0.000000173. The van der Waals surface area contributed by atoms with Crippen LogP contribution in [0.25, 0.3) is 0 Å². The molecule has 0 amide bonds. The highest BCUT2D eigenvalue weighted by Gasteiger charge is 1.80.